The third-order valence-electron chi connectivity index (χ3n) is 2.78. The van der Waals surface area contributed by atoms with E-state index in [2.05, 4.69) is 9.88 Å². The van der Waals surface area contributed by atoms with E-state index in [4.69, 9.17) is 5.11 Å². The molecule has 0 aromatic carbocycles. The summed E-state index contributed by atoms with van der Waals surface area (Å²) in [5, 5.41) is 9.02. The number of rotatable bonds is 2. The summed E-state index contributed by atoms with van der Waals surface area (Å²) in [6.07, 6.45) is 2.53. The lowest BCUT2D eigenvalue weighted by Crippen LogP contribution is -2.19. The summed E-state index contributed by atoms with van der Waals surface area (Å²) >= 11 is 0. The number of hydrogen-bond donors (Lipinski definition) is 1. The second-order valence-electron chi connectivity index (χ2n) is 3.77. The van der Waals surface area contributed by atoms with Crippen molar-refractivity contribution in [3.8, 4) is 0 Å². The summed E-state index contributed by atoms with van der Waals surface area (Å²) < 4.78 is 0. The average Bonchev–Trinajstić information content (AvgIpc) is 2.70. The Balaban J connectivity index is 2.23. The SMILES string of the molecule is Cc1nc(N2CCCC2)ccc1CO. The molecule has 1 saturated heterocycles. The van der Waals surface area contributed by atoms with E-state index in [9.17, 15) is 0 Å². The minimum Gasteiger partial charge on any atom is -0.392 e. The van der Waals surface area contributed by atoms with Gasteiger partial charge in [0.1, 0.15) is 5.82 Å². The van der Waals surface area contributed by atoms with Gasteiger partial charge < -0.3 is 10.0 Å². The highest BCUT2D eigenvalue weighted by Gasteiger charge is 2.13. The zero-order chi connectivity index (χ0) is 9.97. The molecule has 0 atom stereocenters. The summed E-state index contributed by atoms with van der Waals surface area (Å²) in [7, 11) is 0. The second kappa shape index (κ2) is 3.96. The monoisotopic (exact) mass is 192 g/mol. The van der Waals surface area contributed by atoms with Gasteiger partial charge in [-0.25, -0.2) is 4.98 Å². The second-order valence-corrected chi connectivity index (χ2v) is 3.77. The lowest BCUT2D eigenvalue weighted by molar-refractivity contribution is 0.280. The molecule has 2 heterocycles. The maximum atomic E-state index is 9.02. The fraction of sp³-hybridized carbons (Fsp3) is 0.545. The van der Waals surface area contributed by atoms with Gasteiger partial charge >= 0.3 is 0 Å². The van der Waals surface area contributed by atoms with Crippen LogP contribution in [0.25, 0.3) is 0 Å². The molecular formula is C11H16N2O. The topological polar surface area (TPSA) is 36.4 Å². The number of aliphatic hydroxyl groups is 1. The van der Waals surface area contributed by atoms with Gasteiger partial charge in [-0.1, -0.05) is 6.07 Å². The molecule has 0 unspecified atom stereocenters. The first-order chi connectivity index (χ1) is 6.81. The molecule has 3 nitrogen and oxygen atoms in total. The van der Waals surface area contributed by atoms with E-state index in [1.165, 1.54) is 12.8 Å². The number of anilines is 1. The van der Waals surface area contributed by atoms with E-state index in [0.29, 0.717) is 0 Å². The molecule has 0 amide bonds. The smallest absolute Gasteiger partial charge is 0.128 e. The Kier molecular flexibility index (Phi) is 2.68. The van der Waals surface area contributed by atoms with Gasteiger partial charge in [-0.15, -0.1) is 0 Å². The maximum Gasteiger partial charge on any atom is 0.128 e. The molecule has 14 heavy (non-hydrogen) atoms. The molecule has 1 aromatic rings. The van der Waals surface area contributed by atoms with Gasteiger partial charge in [0.25, 0.3) is 0 Å². The van der Waals surface area contributed by atoms with E-state index in [-0.39, 0.29) is 6.61 Å². The molecule has 1 aliphatic rings. The lowest BCUT2D eigenvalue weighted by Gasteiger charge is -2.17. The Labute approximate surface area is 84.4 Å². The number of aromatic nitrogens is 1. The fourth-order valence-electron chi connectivity index (χ4n) is 1.87. The molecule has 1 aliphatic heterocycles. The molecule has 0 saturated carbocycles. The van der Waals surface area contributed by atoms with Crippen LogP contribution in [0.1, 0.15) is 24.1 Å². The summed E-state index contributed by atoms with van der Waals surface area (Å²) in [5.74, 6) is 1.05. The van der Waals surface area contributed by atoms with Crippen molar-refractivity contribution in [1.82, 2.24) is 4.98 Å². The van der Waals surface area contributed by atoms with Crippen molar-refractivity contribution in [3.05, 3.63) is 23.4 Å². The molecule has 0 radical (unpaired) electrons. The van der Waals surface area contributed by atoms with E-state index in [1.807, 2.05) is 19.1 Å². The highest BCUT2D eigenvalue weighted by Crippen LogP contribution is 2.19. The van der Waals surface area contributed by atoms with Gasteiger partial charge in [0, 0.05) is 18.8 Å². The molecule has 1 aromatic heterocycles. The number of hydrogen-bond acceptors (Lipinski definition) is 3. The minimum absolute atomic E-state index is 0.0825. The Morgan fingerprint density at radius 2 is 2.07 bits per heavy atom. The van der Waals surface area contributed by atoms with Crippen LogP contribution in [-0.2, 0) is 6.61 Å². The molecule has 3 heteroatoms. The fourth-order valence-corrected chi connectivity index (χ4v) is 1.87. The van der Waals surface area contributed by atoms with Crippen LogP contribution in [0.15, 0.2) is 12.1 Å². The molecule has 76 valence electrons. The summed E-state index contributed by atoms with van der Waals surface area (Å²) in [6, 6.07) is 3.97. The first kappa shape index (κ1) is 9.46. The molecule has 0 aliphatic carbocycles. The van der Waals surface area contributed by atoms with Crippen LogP contribution in [0.2, 0.25) is 0 Å². The third-order valence-corrected chi connectivity index (χ3v) is 2.78. The van der Waals surface area contributed by atoms with Crippen LogP contribution in [0.3, 0.4) is 0 Å². The van der Waals surface area contributed by atoms with Crippen LogP contribution in [0.5, 0.6) is 0 Å². The van der Waals surface area contributed by atoms with Crippen molar-refractivity contribution in [2.24, 2.45) is 0 Å². The van der Waals surface area contributed by atoms with Crippen LogP contribution < -0.4 is 4.90 Å². The molecular weight excluding hydrogens is 176 g/mol. The van der Waals surface area contributed by atoms with Crippen molar-refractivity contribution in [2.75, 3.05) is 18.0 Å². The number of pyridine rings is 1. The van der Waals surface area contributed by atoms with Crippen molar-refractivity contribution in [1.29, 1.82) is 0 Å². The molecule has 0 bridgehead atoms. The Morgan fingerprint density at radius 1 is 1.36 bits per heavy atom. The average molecular weight is 192 g/mol. The highest BCUT2D eigenvalue weighted by molar-refractivity contribution is 5.42. The standard InChI is InChI=1S/C11H16N2O/c1-9-10(8-14)4-5-11(12-9)13-6-2-3-7-13/h4-5,14H,2-3,6-8H2,1H3. The van der Waals surface area contributed by atoms with Gasteiger partial charge in [0.05, 0.1) is 6.61 Å². The van der Waals surface area contributed by atoms with Crippen molar-refractivity contribution < 1.29 is 5.11 Å². The Bertz CT molecular complexity index is 319. The molecule has 0 spiro atoms. The predicted molar refractivity (Wildman–Crippen MR) is 56.3 cm³/mol. The zero-order valence-corrected chi connectivity index (χ0v) is 8.53. The Hall–Kier alpha value is -1.09. The van der Waals surface area contributed by atoms with Gasteiger partial charge in [0.2, 0.25) is 0 Å². The van der Waals surface area contributed by atoms with Crippen molar-refractivity contribution in [2.45, 2.75) is 26.4 Å². The molecule has 1 N–H and O–H groups in total. The predicted octanol–water partition coefficient (Wildman–Crippen LogP) is 1.48. The number of aliphatic hydroxyl groups excluding tert-OH is 1. The maximum absolute atomic E-state index is 9.02. The molecule has 1 fully saturated rings. The summed E-state index contributed by atoms with van der Waals surface area (Å²) in [4.78, 5) is 6.79. The van der Waals surface area contributed by atoms with E-state index in [1.54, 1.807) is 0 Å². The van der Waals surface area contributed by atoms with Gasteiger partial charge in [-0.05, 0) is 31.4 Å². The Morgan fingerprint density at radius 3 is 2.64 bits per heavy atom. The van der Waals surface area contributed by atoms with E-state index >= 15 is 0 Å². The van der Waals surface area contributed by atoms with Crippen molar-refractivity contribution in [3.63, 3.8) is 0 Å². The van der Waals surface area contributed by atoms with Crippen LogP contribution in [-0.4, -0.2) is 23.2 Å². The first-order valence-corrected chi connectivity index (χ1v) is 5.13. The number of nitrogens with zero attached hydrogens (tertiary/aromatic N) is 2. The highest BCUT2D eigenvalue weighted by atomic mass is 16.3. The van der Waals surface area contributed by atoms with Crippen LogP contribution in [0.4, 0.5) is 5.82 Å². The number of aryl methyl sites for hydroxylation is 1. The van der Waals surface area contributed by atoms with Crippen molar-refractivity contribution >= 4 is 5.82 Å². The summed E-state index contributed by atoms with van der Waals surface area (Å²) in [6.45, 7) is 4.26. The van der Waals surface area contributed by atoms with Gasteiger partial charge in [-0.3, -0.25) is 0 Å². The van der Waals surface area contributed by atoms with E-state index < -0.39 is 0 Å². The quantitative estimate of drug-likeness (QED) is 0.771. The minimum atomic E-state index is 0.0825. The lowest BCUT2D eigenvalue weighted by atomic mass is 10.2. The summed E-state index contributed by atoms with van der Waals surface area (Å²) in [5.41, 5.74) is 1.87. The van der Waals surface area contributed by atoms with Crippen LogP contribution >= 0.6 is 0 Å². The zero-order valence-electron chi connectivity index (χ0n) is 8.53. The third kappa shape index (κ3) is 1.73. The first-order valence-electron chi connectivity index (χ1n) is 5.13. The van der Waals surface area contributed by atoms with Crippen LogP contribution in [0, 0.1) is 6.92 Å². The van der Waals surface area contributed by atoms with Gasteiger partial charge in [0.15, 0.2) is 0 Å². The molecule has 2 rings (SSSR count). The van der Waals surface area contributed by atoms with E-state index in [0.717, 1.165) is 30.2 Å². The van der Waals surface area contributed by atoms with Gasteiger partial charge in [-0.2, -0.15) is 0 Å². The normalized spacial score (nSPS) is 16.3. The largest absolute Gasteiger partial charge is 0.392 e.